The molecule has 17 heavy (non-hydrogen) atoms. The third-order valence-corrected chi connectivity index (χ3v) is 3.52. The fourth-order valence-electron chi connectivity index (χ4n) is 2.32. The topological polar surface area (TPSA) is 59.3 Å². The molecule has 1 heterocycles. The lowest BCUT2D eigenvalue weighted by molar-refractivity contribution is -0.0315. The van der Waals surface area contributed by atoms with Crippen molar-refractivity contribution in [3.8, 4) is 5.88 Å². The largest absolute Gasteiger partial charge is 0.481 e. The van der Waals surface area contributed by atoms with Crippen LogP contribution in [0.15, 0.2) is 0 Å². The van der Waals surface area contributed by atoms with Crippen molar-refractivity contribution in [1.82, 2.24) is 15.1 Å². The van der Waals surface area contributed by atoms with Crippen molar-refractivity contribution >= 4 is 0 Å². The van der Waals surface area contributed by atoms with E-state index in [1.165, 1.54) is 0 Å². The van der Waals surface area contributed by atoms with Crippen molar-refractivity contribution in [2.24, 2.45) is 7.05 Å². The summed E-state index contributed by atoms with van der Waals surface area (Å²) < 4.78 is 7.06. The second kappa shape index (κ2) is 4.66. The molecule has 0 spiro atoms. The van der Waals surface area contributed by atoms with E-state index < -0.39 is 5.60 Å². The summed E-state index contributed by atoms with van der Waals surface area (Å²) in [6.07, 6.45) is 2.94. The number of ether oxygens (including phenoxy) is 1. The van der Waals surface area contributed by atoms with Gasteiger partial charge in [-0.3, -0.25) is 0 Å². The van der Waals surface area contributed by atoms with Crippen LogP contribution < -0.4 is 10.1 Å². The maximum absolute atomic E-state index is 9.97. The molecule has 0 atom stereocenters. The van der Waals surface area contributed by atoms with E-state index in [0.29, 0.717) is 13.1 Å². The van der Waals surface area contributed by atoms with Crippen molar-refractivity contribution in [3.05, 3.63) is 11.3 Å². The number of aliphatic hydroxyl groups is 1. The van der Waals surface area contributed by atoms with Crippen LogP contribution in [0.2, 0.25) is 0 Å². The summed E-state index contributed by atoms with van der Waals surface area (Å²) in [5.41, 5.74) is 1.55. The SMILES string of the molecule is COc1c(CNCC2(O)CCC2)c(C)nn1C. The Kier molecular flexibility index (Phi) is 3.40. The third-order valence-electron chi connectivity index (χ3n) is 3.52. The van der Waals surface area contributed by atoms with Gasteiger partial charge in [0.15, 0.2) is 0 Å². The lowest BCUT2D eigenvalue weighted by atomic mass is 9.80. The highest BCUT2D eigenvalue weighted by Gasteiger charge is 2.33. The van der Waals surface area contributed by atoms with Crippen molar-refractivity contribution in [2.45, 2.75) is 38.3 Å². The maximum Gasteiger partial charge on any atom is 0.216 e. The van der Waals surface area contributed by atoms with Crippen molar-refractivity contribution in [2.75, 3.05) is 13.7 Å². The van der Waals surface area contributed by atoms with Gasteiger partial charge in [0.05, 0.1) is 24.0 Å². The summed E-state index contributed by atoms with van der Waals surface area (Å²) >= 11 is 0. The summed E-state index contributed by atoms with van der Waals surface area (Å²) in [4.78, 5) is 0. The molecule has 1 fully saturated rings. The second-order valence-corrected chi connectivity index (χ2v) is 4.88. The molecule has 0 unspecified atom stereocenters. The van der Waals surface area contributed by atoms with E-state index in [-0.39, 0.29) is 0 Å². The molecule has 5 heteroatoms. The average molecular weight is 239 g/mol. The van der Waals surface area contributed by atoms with Gasteiger partial charge in [-0.15, -0.1) is 0 Å². The zero-order valence-electron chi connectivity index (χ0n) is 10.8. The molecule has 5 nitrogen and oxygen atoms in total. The molecule has 2 rings (SSSR count). The molecule has 0 saturated heterocycles. The maximum atomic E-state index is 9.97. The lowest BCUT2D eigenvalue weighted by Crippen LogP contribution is -2.46. The van der Waals surface area contributed by atoms with Crippen LogP contribution in [0, 0.1) is 6.92 Å². The van der Waals surface area contributed by atoms with Crippen LogP contribution in [0.3, 0.4) is 0 Å². The molecule has 1 aliphatic carbocycles. The quantitative estimate of drug-likeness (QED) is 0.795. The minimum atomic E-state index is -0.483. The Morgan fingerprint density at radius 2 is 2.24 bits per heavy atom. The zero-order valence-corrected chi connectivity index (χ0v) is 10.8. The first kappa shape index (κ1) is 12.4. The molecular formula is C12H21N3O2. The molecule has 2 N–H and O–H groups in total. The Bertz CT molecular complexity index is 397. The highest BCUT2D eigenvalue weighted by atomic mass is 16.5. The zero-order chi connectivity index (χ0) is 12.5. The number of nitrogens with one attached hydrogen (secondary N) is 1. The number of nitrogens with zero attached hydrogens (tertiary/aromatic N) is 2. The van der Waals surface area contributed by atoms with Crippen LogP contribution in [0.5, 0.6) is 5.88 Å². The monoisotopic (exact) mass is 239 g/mol. The molecule has 0 aliphatic heterocycles. The molecule has 1 saturated carbocycles. The Morgan fingerprint density at radius 3 is 2.76 bits per heavy atom. The number of aromatic nitrogens is 2. The van der Waals surface area contributed by atoms with E-state index in [1.54, 1.807) is 11.8 Å². The Balaban J connectivity index is 1.94. The average Bonchev–Trinajstić information content (AvgIpc) is 2.51. The van der Waals surface area contributed by atoms with Gasteiger partial charge in [-0.2, -0.15) is 5.10 Å². The van der Waals surface area contributed by atoms with E-state index in [9.17, 15) is 5.11 Å². The van der Waals surface area contributed by atoms with Gasteiger partial charge in [0.25, 0.3) is 0 Å². The smallest absolute Gasteiger partial charge is 0.216 e. The van der Waals surface area contributed by atoms with E-state index in [0.717, 1.165) is 36.4 Å². The number of aryl methyl sites for hydroxylation is 2. The minimum Gasteiger partial charge on any atom is -0.481 e. The van der Waals surface area contributed by atoms with Crippen LogP contribution >= 0.6 is 0 Å². The highest BCUT2D eigenvalue weighted by molar-refractivity contribution is 5.30. The normalized spacial score (nSPS) is 17.9. The molecule has 1 aromatic rings. The van der Waals surface area contributed by atoms with Crippen LogP contribution in [-0.4, -0.2) is 34.1 Å². The summed E-state index contributed by atoms with van der Waals surface area (Å²) in [5.74, 6) is 0.788. The van der Waals surface area contributed by atoms with Crippen molar-refractivity contribution in [3.63, 3.8) is 0 Å². The van der Waals surface area contributed by atoms with Crippen LogP contribution in [0.4, 0.5) is 0 Å². The minimum absolute atomic E-state index is 0.483. The van der Waals surface area contributed by atoms with E-state index in [4.69, 9.17) is 4.74 Å². The number of methoxy groups -OCH3 is 1. The Labute approximate surface area is 102 Å². The summed E-state index contributed by atoms with van der Waals surface area (Å²) in [6.45, 7) is 3.30. The third kappa shape index (κ3) is 2.45. The van der Waals surface area contributed by atoms with Gasteiger partial charge < -0.3 is 15.2 Å². The number of rotatable bonds is 5. The van der Waals surface area contributed by atoms with Crippen molar-refractivity contribution < 1.29 is 9.84 Å². The van der Waals surface area contributed by atoms with Crippen LogP contribution in [-0.2, 0) is 13.6 Å². The number of hydrogen-bond acceptors (Lipinski definition) is 4. The Hall–Kier alpha value is -1.07. The molecule has 1 aliphatic rings. The van der Waals surface area contributed by atoms with Crippen LogP contribution in [0.25, 0.3) is 0 Å². The molecule has 0 aromatic carbocycles. The van der Waals surface area contributed by atoms with Gasteiger partial charge in [0.2, 0.25) is 5.88 Å². The second-order valence-electron chi connectivity index (χ2n) is 4.88. The molecule has 1 aromatic heterocycles. The van der Waals surface area contributed by atoms with Crippen LogP contribution in [0.1, 0.15) is 30.5 Å². The fraction of sp³-hybridized carbons (Fsp3) is 0.750. The molecule has 96 valence electrons. The predicted molar refractivity (Wildman–Crippen MR) is 65.0 cm³/mol. The Morgan fingerprint density at radius 1 is 1.53 bits per heavy atom. The van der Waals surface area contributed by atoms with Gasteiger partial charge >= 0.3 is 0 Å². The standard InChI is InChI=1S/C12H21N3O2/c1-9-10(11(17-3)15(2)14-9)7-13-8-12(16)5-4-6-12/h13,16H,4-8H2,1-3H3. The molecule has 0 bridgehead atoms. The molecule has 0 radical (unpaired) electrons. The fourth-order valence-corrected chi connectivity index (χ4v) is 2.32. The first-order chi connectivity index (χ1) is 8.06. The van der Waals surface area contributed by atoms with Gasteiger partial charge in [-0.05, 0) is 26.2 Å². The van der Waals surface area contributed by atoms with Crippen molar-refractivity contribution in [1.29, 1.82) is 0 Å². The summed E-state index contributed by atoms with van der Waals surface area (Å²) in [6, 6.07) is 0. The number of hydrogen-bond donors (Lipinski definition) is 2. The van der Waals surface area contributed by atoms with Gasteiger partial charge in [-0.1, -0.05) is 0 Å². The first-order valence-electron chi connectivity index (χ1n) is 6.05. The van der Waals surface area contributed by atoms with E-state index in [1.807, 2.05) is 14.0 Å². The molecule has 0 amide bonds. The van der Waals surface area contributed by atoms with Gasteiger partial charge in [0.1, 0.15) is 0 Å². The van der Waals surface area contributed by atoms with E-state index in [2.05, 4.69) is 10.4 Å². The van der Waals surface area contributed by atoms with Gasteiger partial charge in [0, 0.05) is 20.1 Å². The summed E-state index contributed by atoms with van der Waals surface area (Å²) in [5, 5.41) is 17.6. The van der Waals surface area contributed by atoms with E-state index >= 15 is 0 Å². The van der Waals surface area contributed by atoms with Gasteiger partial charge in [-0.25, -0.2) is 4.68 Å². The predicted octanol–water partition coefficient (Wildman–Crippen LogP) is 0.742. The highest BCUT2D eigenvalue weighted by Crippen LogP contribution is 2.30. The summed E-state index contributed by atoms with van der Waals surface area (Å²) in [7, 11) is 3.52. The molecular weight excluding hydrogens is 218 g/mol. The first-order valence-corrected chi connectivity index (χ1v) is 6.05. The lowest BCUT2D eigenvalue weighted by Gasteiger charge is -2.36.